The fourth-order valence-electron chi connectivity index (χ4n) is 1.81. The minimum atomic E-state index is -0.561. The van der Waals surface area contributed by atoms with Crippen LogP contribution < -0.4 is 5.56 Å². The number of halogens is 2. The van der Waals surface area contributed by atoms with E-state index < -0.39 is 11.4 Å². The molecular formula is C12H7FIN3O. The molecule has 0 fully saturated rings. The molecule has 3 aromatic rings. The summed E-state index contributed by atoms with van der Waals surface area (Å²) in [4.78, 5) is 12.3. The van der Waals surface area contributed by atoms with Crippen molar-refractivity contribution in [3.8, 4) is 5.69 Å². The second kappa shape index (κ2) is 4.20. The molecule has 90 valence electrons. The zero-order valence-electron chi connectivity index (χ0n) is 9.05. The largest absolute Gasteiger partial charge is 0.286 e. The summed E-state index contributed by atoms with van der Waals surface area (Å²) in [6.07, 6.45) is 1.43. The predicted molar refractivity (Wildman–Crippen MR) is 73.5 cm³/mol. The molecule has 0 radical (unpaired) electrons. The lowest BCUT2D eigenvalue weighted by Gasteiger charge is -2.08. The van der Waals surface area contributed by atoms with Gasteiger partial charge in [-0.1, -0.05) is 18.2 Å². The monoisotopic (exact) mass is 355 g/mol. The first-order valence-electron chi connectivity index (χ1n) is 5.19. The molecule has 0 N–H and O–H groups in total. The molecule has 2 heterocycles. The molecule has 0 saturated heterocycles. The second-order valence-corrected chi connectivity index (χ2v) is 4.67. The van der Waals surface area contributed by atoms with Crippen LogP contribution in [0.15, 0.2) is 47.4 Å². The van der Waals surface area contributed by atoms with E-state index in [1.165, 1.54) is 21.3 Å². The summed E-state index contributed by atoms with van der Waals surface area (Å²) in [7, 11) is 0. The minimum Gasteiger partial charge on any atom is -0.266 e. The molecule has 0 atom stereocenters. The predicted octanol–water partition coefficient (Wildman–Crippen LogP) is 2.23. The average Bonchev–Trinajstić information content (AvgIpc) is 2.72. The highest BCUT2D eigenvalue weighted by atomic mass is 127. The molecule has 0 aliphatic rings. The topological polar surface area (TPSA) is 39.3 Å². The van der Waals surface area contributed by atoms with Crippen LogP contribution in [0.3, 0.4) is 0 Å². The van der Waals surface area contributed by atoms with E-state index in [0.717, 1.165) is 0 Å². The molecule has 4 nitrogen and oxygen atoms in total. The number of benzene rings is 1. The van der Waals surface area contributed by atoms with Crippen LogP contribution in [0.4, 0.5) is 4.39 Å². The van der Waals surface area contributed by atoms with Gasteiger partial charge < -0.3 is 0 Å². The maximum Gasteiger partial charge on any atom is 0.286 e. The molecule has 0 bridgehead atoms. The van der Waals surface area contributed by atoms with Gasteiger partial charge in [0, 0.05) is 28.8 Å². The van der Waals surface area contributed by atoms with E-state index >= 15 is 0 Å². The molecule has 1 aromatic carbocycles. The summed E-state index contributed by atoms with van der Waals surface area (Å²) >= 11 is 1.96. The van der Waals surface area contributed by atoms with E-state index in [4.69, 9.17) is 0 Å². The molecule has 3 rings (SSSR count). The van der Waals surface area contributed by atoms with Crippen molar-refractivity contribution in [3.05, 3.63) is 62.6 Å². The molecule has 0 amide bonds. The molecule has 0 saturated carbocycles. The molecule has 2 aromatic heterocycles. The third-order valence-electron chi connectivity index (χ3n) is 2.61. The third kappa shape index (κ3) is 1.64. The summed E-state index contributed by atoms with van der Waals surface area (Å²) in [5, 5.41) is 4.16. The highest BCUT2D eigenvalue weighted by Gasteiger charge is 2.14. The SMILES string of the molecule is O=c1c2c(F)ccn2nc(I)n1-c1ccccc1. The molecule has 0 unspecified atom stereocenters. The van der Waals surface area contributed by atoms with Crippen molar-refractivity contribution in [3.63, 3.8) is 0 Å². The lowest BCUT2D eigenvalue weighted by molar-refractivity contribution is 0.634. The first kappa shape index (κ1) is 11.4. The summed E-state index contributed by atoms with van der Waals surface area (Å²) in [5.41, 5.74) is 0.213. The molecule has 18 heavy (non-hydrogen) atoms. The first-order valence-corrected chi connectivity index (χ1v) is 6.27. The Morgan fingerprint density at radius 1 is 1.17 bits per heavy atom. The Hall–Kier alpha value is -1.70. The Morgan fingerprint density at radius 2 is 1.89 bits per heavy atom. The van der Waals surface area contributed by atoms with Crippen LogP contribution in [-0.2, 0) is 0 Å². The van der Waals surface area contributed by atoms with Gasteiger partial charge in [0.05, 0.1) is 5.69 Å². The molecule has 0 spiro atoms. The Morgan fingerprint density at radius 3 is 2.61 bits per heavy atom. The maximum atomic E-state index is 13.6. The van der Waals surface area contributed by atoms with Gasteiger partial charge in [0.1, 0.15) is 0 Å². The van der Waals surface area contributed by atoms with Gasteiger partial charge in [-0.2, -0.15) is 0 Å². The Balaban J connectivity index is 2.43. The number of hydrogen-bond acceptors (Lipinski definition) is 2. The lowest BCUT2D eigenvalue weighted by atomic mass is 10.3. The molecular weight excluding hydrogens is 348 g/mol. The van der Waals surface area contributed by atoms with Crippen LogP contribution in [0.25, 0.3) is 11.2 Å². The van der Waals surface area contributed by atoms with E-state index in [1.807, 2.05) is 40.8 Å². The Labute approximate surface area is 115 Å². The van der Waals surface area contributed by atoms with E-state index in [9.17, 15) is 9.18 Å². The first-order chi connectivity index (χ1) is 8.68. The van der Waals surface area contributed by atoms with Crippen LogP contribution in [0.2, 0.25) is 0 Å². The van der Waals surface area contributed by atoms with Crippen molar-refractivity contribution >= 4 is 28.1 Å². The highest BCUT2D eigenvalue weighted by molar-refractivity contribution is 14.1. The zero-order chi connectivity index (χ0) is 12.7. The number of para-hydroxylation sites is 1. The summed E-state index contributed by atoms with van der Waals surface area (Å²) < 4.78 is 16.7. The molecule has 6 heteroatoms. The fraction of sp³-hybridized carbons (Fsp3) is 0. The summed E-state index contributed by atoms with van der Waals surface area (Å²) in [6, 6.07) is 10.3. The van der Waals surface area contributed by atoms with Gasteiger partial charge in [0.25, 0.3) is 5.56 Å². The van der Waals surface area contributed by atoms with E-state index in [-0.39, 0.29) is 5.52 Å². The summed E-state index contributed by atoms with van der Waals surface area (Å²) in [6.45, 7) is 0. The van der Waals surface area contributed by atoms with Gasteiger partial charge in [0.2, 0.25) is 0 Å². The van der Waals surface area contributed by atoms with Gasteiger partial charge in [-0.05, 0) is 18.2 Å². The van der Waals surface area contributed by atoms with Gasteiger partial charge in [-0.25, -0.2) is 8.91 Å². The number of hydrogen-bond donors (Lipinski definition) is 0. The van der Waals surface area contributed by atoms with Crippen LogP contribution in [0.5, 0.6) is 0 Å². The van der Waals surface area contributed by atoms with Crippen LogP contribution in [0.1, 0.15) is 0 Å². The van der Waals surface area contributed by atoms with Crippen LogP contribution in [-0.4, -0.2) is 14.2 Å². The lowest BCUT2D eigenvalue weighted by Crippen LogP contribution is -2.25. The van der Waals surface area contributed by atoms with Crippen molar-refractivity contribution < 1.29 is 4.39 Å². The Kier molecular flexibility index (Phi) is 2.66. The van der Waals surface area contributed by atoms with Crippen molar-refractivity contribution in [2.45, 2.75) is 0 Å². The molecule has 0 aliphatic carbocycles. The van der Waals surface area contributed by atoms with Crippen molar-refractivity contribution in [1.29, 1.82) is 0 Å². The minimum absolute atomic E-state index is 0.0423. The van der Waals surface area contributed by atoms with Gasteiger partial charge in [-0.3, -0.25) is 9.36 Å². The van der Waals surface area contributed by atoms with Crippen LogP contribution >= 0.6 is 22.6 Å². The number of aromatic nitrogens is 3. The molecule has 0 aliphatic heterocycles. The zero-order valence-corrected chi connectivity index (χ0v) is 11.2. The van der Waals surface area contributed by atoms with Crippen molar-refractivity contribution in [2.24, 2.45) is 0 Å². The summed E-state index contributed by atoms with van der Waals surface area (Å²) in [5.74, 6) is -0.561. The van der Waals surface area contributed by atoms with Gasteiger partial charge >= 0.3 is 0 Å². The van der Waals surface area contributed by atoms with E-state index in [0.29, 0.717) is 9.52 Å². The normalized spacial score (nSPS) is 11.0. The van der Waals surface area contributed by atoms with Gasteiger partial charge in [0.15, 0.2) is 15.2 Å². The smallest absolute Gasteiger partial charge is 0.266 e. The number of nitrogens with zero attached hydrogens (tertiary/aromatic N) is 3. The van der Waals surface area contributed by atoms with Crippen LogP contribution in [0, 0.1) is 9.65 Å². The number of fused-ring (bicyclic) bond motifs is 1. The van der Waals surface area contributed by atoms with E-state index in [2.05, 4.69) is 5.10 Å². The van der Waals surface area contributed by atoms with Crippen molar-refractivity contribution in [2.75, 3.05) is 0 Å². The number of rotatable bonds is 1. The third-order valence-corrected chi connectivity index (χ3v) is 3.31. The quantitative estimate of drug-likeness (QED) is 0.628. The van der Waals surface area contributed by atoms with E-state index in [1.54, 1.807) is 12.1 Å². The Bertz CT molecular complexity index is 779. The highest BCUT2D eigenvalue weighted by Crippen LogP contribution is 2.12. The van der Waals surface area contributed by atoms with Crippen molar-refractivity contribution in [1.82, 2.24) is 14.2 Å². The standard InChI is InChI=1S/C12H7FIN3O/c13-9-6-7-16-10(9)11(18)17(12(14)15-16)8-4-2-1-3-5-8/h1-7H. The second-order valence-electron chi connectivity index (χ2n) is 3.70. The van der Waals surface area contributed by atoms with Gasteiger partial charge in [-0.15, -0.1) is 5.10 Å². The average molecular weight is 355 g/mol. The fourth-order valence-corrected chi connectivity index (χ4v) is 2.54. The maximum absolute atomic E-state index is 13.6.